The largest absolute Gasteiger partial charge is 0.466 e. The third kappa shape index (κ3) is 5.31. The number of nitrogens with zero attached hydrogens (tertiary/aromatic N) is 4. The molecule has 2 aliphatic heterocycles. The van der Waals surface area contributed by atoms with Gasteiger partial charge in [-0.05, 0) is 58.2 Å². The molecule has 0 radical (unpaired) electrons. The number of rotatable bonds is 7. The Morgan fingerprint density at radius 2 is 1.72 bits per heavy atom. The number of likely N-dealkylation sites (tertiary alicyclic amines) is 1. The quantitative estimate of drug-likeness (QED) is 0.544. The van der Waals surface area contributed by atoms with Crippen molar-refractivity contribution in [3.63, 3.8) is 0 Å². The Morgan fingerprint density at radius 1 is 1.00 bits per heavy atom. The molecule has 7 heteroatoms. The number of aromatic nitrogens is 1. The maximum Gasteiger partial charge on any atom is 0.310 e. The van der Waals surface area contributed by atoms with Gasteiger partial charge in [-0.2, -0.15) is 0 Å². The van der Waals surface area contributed by atoms with Crippen LogP contribution in [0.15, 0.2) is 24.3 Å². The van der Waals surface area contributed by atoms with Gasteiger partial charge in [0.2, 0.25) is 0 Å². The normalized spacial score (nSPS) is 19.0. The molecule has 2 fully saturated rings. The molecule has 196 valence electrons. The van der Waals surface area contributed by atoms with Gasteiger partial charge in [-0.25, -0.2) is 0 Å². The van der Waals surface area contributed by atoms with Crippen LogP contribution in [0.25, 0.3) is 0 Å². The third-order valence-corrected chi connectivity index (χ3v) is 7.98. The maximum absolute atomic E-state index is 14.1. The first kappa shape index (κ1) is 26.3. The van der Waals surface area contributed by atoms with E-state index in [1.54, 1.807) is 0 Å². The lowest BCUT2D eigenvalue weighted by Crippen LogP contribution is -2.46. The lowest BCUT2D eigenvalue weighted by Gasteiger charge is -2.36. The number of carbonyl (C=O) groups is 2. The van der Waals surface area contributed by atoms with E-state index in [0.717, 1.165) is 62.5 Å². The molecule has 7 nitrogen and oxygen atoms in total. The molecule has 0 spiro atoms. The van der Waals surface area contributed by atoms with E-state index in [9.17, 15) is 9.59 Å². The molecule has 2 aliphatic rings. The molecule has 1 aromatic heterocycles. The molecule has 2 aromatic rings. The summed E-state index contributed by atoms with van der Waals surface area (Å²) in [5.74, 6) is -0.408. The molecule has 1 unspecified atom stereocenters. The van der Waals surface area contributed by atoms with E-state index in [4.69, 9.17) is 4.74 Å². The topological polar surface area (TPSA) is 58.0 Å². The minimum atomic E-state index is -0.245. The van der Waals surface area contributed by atoms with Crippen molar-refractivity contribution >= 4 is 17.6 Å². The van der Waals surface area contributed by atoms with Crippen molar-refractivity contribution in [2.75, 3.05) is 57.3 Å². The molecular weight excluding hydrogens is 452 g/mol. The first-order chi connectivity index (χ1) is 17.3. The summed E-state index contributed by atoms with van der Waals surface area (Å²) in [4.78, 5) is 33.4. The van der Waals surface area contributed by atoms with Crippen LogP contribution in [-0.4, -0.2) is 78.7 Å². The van der Waals surface area contributed by atoms with E-state index in [0.29, 0.717) is 26.2 Å². The number of piperidine rings is 1. The van der Waals surface area contributed by atoms with Crippen molar-refractivity contribution in [1.29, 1.82) is 0 Å². The summed E-state index contributed by atoms with van der Waals surface area (Å²) in [6, 6.07) is 8.40. The molecule has 0 aliphatic carbocycles. The number of anilines is 1. The SMILES string of the molecule is CCOC(=O)C1CCCN(C(=O)c2c(C)c(N3CCN(CC)CC3)c(C)n2Cc2ccccc2C)C1. The first-order valence-corrected chi connectivity index (χ1v) is 13.5. The second-order valence-electron chi connectivity index (χ2n) is 10.2. The Balaban J connectivity index is 1.70. The number of piperazine rings is 1. The zero-order valence-electron chi connectivity index (χ0n) is 22.7. The summed E-state index contributed by atoms with van der Waals surface area (Å²) in [6.45, 7) is 17.6. The highest BCUT2D eigenvalue weighted by molar-refractivity contribution is 5.97. The van der Waals surface area contributed by atoms with E-state index in [1.807, 2.05) is 11.8 Å². The van der Waals surface area contributed by atoms with Crippen LogP contribution in [0.3, 0.4) is 0 Å². The molecule has 1 aromatic carbocycles. The Bertz CT molecular complexity index is 1080. The number of hydrogen-bond acceptors (Lipinski definition) is 5. The van der Waals surface area contributed by atoms with Crippen LogP contribution in [0.2, 0.25) is 0 Å². The lowest BCUT2D eigenvalue weighted by atomic mass is 9.97. The van der Waals surface area contributed by atoms with Crippen molar-refractivity contribution in [3.05, 3.63) is 52.3 Å². The smallest absolute Gasteiger partial charge is 0.310 e. The number of aryl methyl sites for hydroxylation is 1. The fraction of sp³-hybridized carbons (Fsp3) is 0.586. The van der Waals surface area contributed by atoms with Crippen LogP contribution >= 0.6 is 0 Å². The fourth-order valence-electron chi connectivity index (χ4n) is 5.83. The number of likely N-dealkylation sites (N-methyl/N-ethyl adjacent to an activating group) is 1. The van der Waals surface area contributed by atoms with Crippen LogP contribution in [0, 0.1) is 26.7 Å². The van der Waals surface area contributed by atoms with Gasteiger partial charge in [-0.15, -0.1) is 0 Å². The molecule has 2 saturated heterocycles. The van der Waals surface area contributed by atoms with E-state index >= 15 is 0 Å². The summed E-state index contributed by atoms with van der Waals surface area (Å²) in [6.07, 6.45) is 1.59. The first-order valence-electron chi connectivity index (χ1n) is 13.5. The molecule has 0 bridgehead atoms. The summed E-state index contributed by atoms with van der Waals surface area (Å²) in [7, 11) is 0. The molecule has 0 N–H and O–H groups in total. The van der Waals surface area contributed by atoms with E-state index in [2.05, 4.69) is 66.3 Å². The Kier molecular flexibility index (Phi) is 8.39. The van der Waals surface area contributed by atoms with E-state index in [-0.39, 0.29) is 17.8 Å². The van der Waals surface area contributed by atoms with Crippen LogP contribution in [0.5, 0.6) is 0 Å². The maximum atomic E-state index is 14.1. The average molecular weight is 495 g/mol. The predicted molar refractivity (Wildman–Crippen MR) is 144 cm³/mol. The lowest BCUT2D eigenvalue weighted by molar-refractivity contribution is -0.149. The molecule has 1 amide bonds. The van der Waals surface area contributed by atoms with Crippen molar-refractivity contribution in [2.24, 2.45) is 5.92 Å². The summed E-state index contributed by atoms with van der Waals surface area (Å²) in [5.41, 5.74) is 6.59. The third-order valence-electron chi connectivity index (χ3n) is 7.98. The van der Waals surface area contributed by atoms with Crippen molar-refractivity contribution in [1.82, 2.24) is 14.4 Å². The Labute approximate surface area is 216 Å². The van der Waals surface area contributed by atoms with E-state index in [1.165, 1.54) is 16.8 Å². The molecule has 1 atom stereocenters. The van der Waals surface area contributed by atoms with Gasteiger partial charge in [0.1, 0.15) is 5.69 Å². The molecule has 3 heterocycles. The fourth-order valence-corrected chi connectivity index (χ4v) is 5.83. The highest BCUT2D eigenvalue weighted by atomic mass is 16.5. The van der Waals surface area contributed by atoms with Gasteiger partial charge in [0.15, 0.2) is 0 Å². The van der Waals surface area contributed by atoms with Gasteiger partial charge < -0.3 is 24.0 Å². The molecule has 36 heavy (non-hydrogen) atoms. The number of benzene rings is 1. The number of ether oxygens (including phenoxy) is 1. The molecule has 4 rings (SSSR count). The predicted octanol–water partition coefficient (Wildman–Crippen LogP) is 4.02. The van der Waals surface area contributed by atoms with Crippen LogP contribution < -0.4 is 4.90 Å². The zero-order valence-corrected chi connectivity index (χ0v) is 22.7. The van der Waals surface area contributed by atoms with Gasteiger partial charge in [0, 0.05) is 57.1 Å². The second-order valence-corrected chi connectivity index (χ2v) is 10.2. The summed E-state index contributed by atoms with van der Waals surface area (Å²) in [5, 5.41) is 0. The van der Waals surface area contributed by atoms with Crippen LogP contribution in [0.4, 0.5) is 5.69 Å². The highest BCUT2D eigenvalue weighted by Crippen LogP contribution is 2.34. The highest BCUT2D eigenvalue weighted by Gasteiger charge is 2.34. The second kappa shape index (κ2) is 11.5. The summed E-state index contributed by atoms with van der Waals surface area (Å²) >= 11 is 0. The van der Waals surface area contributed by atoms with Crippen molar-refractivity contribution in [2.45, 2.75) is 54.0 Å². The Hall–Kier alpha value is -2.80. The number of amides is 1. The standard InChI is InChI=1S/C29H42N4O3/c1-6-30-15-17-31(18-16-30)26-22(4)27(33(23(26)5)20-24-12-9-8-11-21(24)3)28(34)32-14-10-13-25(19-32)29(35)36-7-2/h8-9,11-12,25H,6-7,10,13-20H2,1-5H3. The monoisotopic (exact) mass is 494 g/mol. The average Bonchev–Trinajstić information content (AvgIpc) is 3.14. The van der Waals surface area contributed by atoms with Gasteiger partial charge in [-0.1, -0.05) is 31.2 Å². The minimum absolute atomic E-state index is 0.0247. The van der Waals surface area contributed by atoms with E-state index < -0.39 is 0 Å². The van der Waals surface area contributed by atoms with Crippen LogP contribution in [0.1, 0.15) is 59.6 Å². The number of esters is 1. The van der Waals surface area contributed by atoms with Gasteiger partial charge in [0.25, 0.3) is 5.91 Å². The molecular formula is C29H42N4O3. The zero-order chi connectivity index (χ0) is 25.8. The Morgan fingerprint density at radius 3 is 2.39 bits per heavy atom. The number of carbonyl (C=O) groups excluding carboxylic acids is 2. The van der Waals surface area contributed by atoms with Crippen molar-refractivity contribution in [3.8, 4) is 0 Å². The molecule has 0 saturated carbocycles. The minimum Gasteiger partial charge on any atom is -0.466 e. The van der Waals surface area contributed by atoms with Crippen molar-refractivity contribution < 1.29 is 14.3 Å². The van der Waals surface area contributed by atoms with Crippen LogP contribution in [-0.2, 0) is 16.1 Å². The van der Waals surface area contributed by atoms with Gasteiger partial charge in [-0.3, -0.25) is 9.59 Å². The van der Waals surface area contributed by atoms with Gasteiger partial charge in [0.05, 0.1) is 18.2 Å². The number of hydrogen-bond donors (Lipinski definition) is 0. The van der Waals surface area contributed by atoms with Gasteiger partial charge >= 0.3 is 5.97 Å². The summed E-state index contributed by atoms with van der Waals surface area (Å²) < 4.78 is 7.50.